The van der Waals surface area contributed by atoms with E-state index in [2.05, 4.69) is 12.2 Å². The lowest BCUT2D eigenvalue weighted by Gasteiger charge is -2.39. The van der Waals surface area contributed by atoms with E-state index >= 15 is 0 Å². The molecule has 0 aliphatic carbocycles. The summed E-state index contributed by atoms with van der Waals surface area (Å²) in [6.07, 6.45) is 2.90. The molecule has 1 atom stereocenters. The summed E-state index contributed by atoms with van der Waals surface area (Å²) in [6, 6.07) is 0. The minimum Gasteiger partial charge on any atom is -0.380 e. The van der Waals surface area contributed by atoms with Gasteiger partial charge >= 0.3 is 0 Å². The van der Waals surface area contributed by atoms with Gasteiger partial charge in [0.05, 0.1) is 25.9 Å². The fourth-order valence-electron chi connectivity index (χ4n) is 1.81. The van der Waals surface area contributed by atoms with E-state index in [0.717, 1.165) is 32.9 Å². The predicted octanol–water partition coefficient (Wildman–Crippen LogP) is 0.791. The smallest absolute Gasteiger partial charge is 0.0700 e. The van der Waals surface area contributed by atoms with Crippen LogP contribution in [0.3, 0.4) is 0 Å². The first-order chi connectivity index (χ1) is 6.29. The van der Waals surface area contributed by atoms with Gasteiger partial charge in [0, 0.05) is 12.0 Å². The van der Waals surface area contributed by atoms with Crippen LogP contribution in [0.4, 0.5) is 0 Å². The summed E-state index contributed by atoms with van der Waals surface area (Å²) in [5.41, 5.74) is 0.303. The molecule has 1 N–H and O–H groups in total. The van der Waals surface area contributed by atoms with Gasteiger partial charge in [-0.15, -0.1) is 0 Å². The Labute approximate surface area is 79.8 Å². The van der Waals surface area contributed by atoms with E-state index in [1.54, 1.807) is 0 Å². The van der Waals surface area contributed by atoms with Gasteiger partial charge in [-0.2, -0.15) is 0 Å². The van der Waals surface area contributed by atoms with E-state index in [9.17, 15) is 0 Å². The predicted molar refractivity (Wildman–Crippen MR) is 50.8 cm³/mol. The monoisotopic (exact) mass is 185 g/mol. The van der Waals surface area contributed by atoms with Crippen LogP contribution in [0, 0.1) is 5.41 Å². The second-order valence-electron chi connectivity index (χ2n) is 4.58. The number of hydrogen-bond acceptors (Lipinski definition) is 3. The van der Waals surface area contributed by atoms with E-state index in [1.165, 1.54) is 12.8 Å². The lowest BCUT2D eigenvalue weighted by Crippen LogP contribution is -2.46. The molecule has 0 bridgehead atoms. The van der Waals surface area contributed by atoms with E-state index in [1.807, 2.05) is 0 Å². The normalized spacial score (nSPS) is 32.5. The van der Waals surface area contributed by atoms with Crippen molar-refractivity contribution in [3.05, 3.63) is 0 Å². The summed E-state index contributed by atoms with van der Waals surface area (Å²) >= 11 is 0. The second-order valence-corrected chi connectivity index (χ2v) is 4.58. The Morgan fingerprint density at radius 3 is 2.92 bits per heavy atom. The highest BCUT2D eigenvalue weighted by Crippen LogP contribution is 2.27. The molecule has 1 unspecified atom stereocenters. The highest BCUT2D eigenvalue weighted by atomic mass is 16.5. The maximum absolute atomic E-state index is 5.85. The lowest BCUT2D eigenvalue weighted by atomic mass is 9.90. The van der Waals surface area contributed by atoms with Crippen molar-refractivity contribution in [3.8, 4) is 0 Å². The van der Waals surface area contributed by atoms with Crippen LogP contribution in [0.15, 0.2) is 0 Å². The molecule has 0 aromatic heterocycles. The van der Waals surface area contributed by atoms with Crippen molar-refractivity contribution in [2.45, 2.75) is 25.9 Å². The number of nitrogens with one attached hydrogen (secondary N) is 1. The zero-order valence-electron chi connectivity index (χ0n) is 8.34. The zero-order valence-corrected chi connectivity index (χ0v) is 8.34. The quantitative estimate of drug-likeness (QED) is 0.705. The molecular weight excluding hydrogens is 166 g/mol. The molecule has 0 spiro atoms. The van der Waals surface area contributed by atoms with Gasteiger partial charge in [-0.1, -0.05) is 6.92 Å². The molecular formula is C10H19NO2. The van der Waals surface area contributed by atoms with Crippen molar-refractivity contribution in [3.63, 3.8) is 0 Å². The van der Waals surface area contributed by atoms with Crippen molar-refractivity contribution >= 4 is 0 Å². The molecule has 2 saturated heterocycles. The fraction of sp³-hybridized carbons (Fsp3) is 1.00. The summed E-state index contributed by atoms with van der Waals surface area (Å²) in [4.78, 5) is 0. The fourth-order valence-corrected chi connectivity index (χ4v) is 1.81. The van der Waals surface area contributed by atoms with Gasteiger partial charge < -0.3 is 14.8 Å². The average Bonchev–Trinajstić information content (AvgIpc) is 2.13. The standard InChI is InChI=1S/C10H19NO2/c1-10(6-12-7-10)8-13-9-3-2-4-11-5-9/h9,11H,2-8H2,1H3. The van der Waals surface area contributed by atoms with E-state index in [-0.39, 0.29) is 0 Å². The third-order valence-electron chi connectivity index (χ3n) is 2.82. The zero-order chi connectivity index (χ0) is 9.15. The van der Waals surface area contributed by atoms with Crippen LogP contribution in [-0.4, -0.2) is 39.0 Å². The maximum atomic E-state index is 5.85. The summed E-state index contributed by atoms with van der Waals surface area (Å²) in [5.74, 6) is 0. The lowest BCUT2D eigenvalue weighted by molar-refractivity contribution is -0.150. The average molecular weight is 185 g/mol. The van der Waals surface area contributed by atoms with E-state index in [4.69, 9.17) is 9.47 Å². The third kappa shape index (κ3) is 2.42. The first-order valence-corrected chi connectivity index (χ1v) is 5.19. The molecule has 2 rings (SSSR count). The third-order valence-corrected chi connectivity index (χ3v) is 2.82. The van der Waals surface area contributed by atoms with Crippen LogP contribution >= 0.6 is 0 Å². The molecule has 0 saturated carbocycles. The molecule has 0 aromatic carbocycles. The number of rotatable bonds is 3. The van der Waals surface area contributed by atoms with Gasteiger partial charge in [-0.3, -0.25) is 0 Å². The van der Waals surface area contributed by atoms with Crippen molar-refractivity contribution in [2.75, 3.05) is 32.9 Å². The van der Waals surface area contributed by atoms with Gasteiger partial charge in [-0.25, -0.2) is 0 Å². The molecule has 2 aliphatic heterocycles. The van der Waals surface area contributed by atoms with Crippen molar-refractivity contribution in [2.24, 2.45) is 5.41 Å². The molecule has 2 heterocycles. The number of ether oxygens (including phenoxy) is 2. The molecule has 3 heteroatoms. The van der Waals surface area contributed by atoms with Gasteiger partial charge in [0.25, 0.3) is 0 Å². The Balaban J connectivity index is 1.66. The molecule has 76 valence electrons. The SMILES string of the molecule is CC1(COC2CCCNC2)COC1. The van der Waals surface area contributed by atoms with Crippen molar-refractivity contribution in [1.29, 1.82) is 0 Å². The molecule has 2 aliphatic rings. The summed E-state index contributed by atoms with van der Waals surface area (Å²) in [7, 11) is 0. The Kier molecular flexibility index (Phi) is 2.86. The van der Waals surface area contributed by atoms with Gasteiger partial charge in [0.15, 0.2) is 0 Å². The molecule has 2 fully saturated rings. The minimum absolute atomic E-state index is 0.303. The number of hydrogen-bond donors (Lipinski definition) is 1. The summed E-state index contributed by atoms with van der Waals surface area (Å²) in [5, 5.41) is 3.35. The minimum atomic E-state index is 0.303. The summed E-state index contributed by atoms with van der Waals surface area (Å²) in [6.45, 7) is 7.00. The largest absolute Gasteiger partial charge is 0.380 e. The van der Waals surface area contributed by atoms with Gasteiger partial charge in [-0.05, 0) is 19.4 Å². The van der Waals surface area contributed by atoms with Crippen molar-refractivity contribution < 1.29 is 9.47 Å². The van der Waals surface area contributed by atoms with Gasteiger partial charge in [0.1, 0.15) is 0 Å². The molecule has 0 aromatic rings. The molecule has 3 nitrogen and oxygen atoms in total. The highest BCUT2D eigenvalue weighted by Gasteiger charge is 2.34. The molecule has 13 heavy (non-hydrogen) atoms. The van der Waals surface area contributed by atoms with Crippen LogP contribution in [0.1, 0.15) is 19.8 Å². The topological polar surface area (TPSA) is 30.5 Å². The maximum Gasteiger partial charge on any atom is 0.0700 e. The summed E-state index contributed by atoms with van der Waals surface area (Å²) < 4.78 is 11.0. The van der Waals surface area contributed by atoms with Crippen LogP contribution in [-0.2, 0) is 9.47 Å². The number of piperidine rings is 1. The van der Waals surface area contributed by atoms with E-state index in [0.29, 0.717) is 11.5 Å². The van der Waals surface area contributed by atoms with E-state index < -0.39 is 0 Å². The molecule has 0 amide bonds. The Hall–Kier alpha value is -0.120. The Morgan fingerprint density at radius 1 is 1.54 bits per heavy atom. The van der Waals surface area contributed by atoms with Crippen molar-refractivity contribution in [1.82, 2.24) is 5.32 Å². The second kappa shape index (κ2) is 3.95. The highest BCUT2D eigenvalue weighted by molar-refractivity contribution is 4.81. The van der Waals surface area contributed by atoms with Crippen LogP contribution in [0.25, 0.3) is 0 Å². The Bertz CT molecular complexity index is 162. The molecule has 0 radical (unpaired) electrons. The first kappa shape index (κ1) is 9.44. The van der Waals surface area contributed by atoms with Crippen LogP contribution < -0.4 is 5.32 Å². The van der Waals surface area contributed by atoms with Crippen LogP contribution in [0.2, 0.25) is 0 Å². The first-order valence-electron chi connectivity index (χ1n) is 5.19. The van der Waals surface area contributed by atoms with Crippen LogP contribution in [0.5, 0.6) is 0 Å². The van der Waals surface area contributed by atoms with Gasteiger partial charge in [0.2, 0.25) is 0 Å². The Morgan fingerprint density at radius 2 is 2.38 bits per heavy atom.